The molecule has 0 N–H and O–H groups in total. The van der Waals surface area contributed by atoms with Crippen molar-refractivity contribution in [3.05, 3.63) is 5.31 Å². The van der Waals surface area contributed by atoms with Gasteiger partial charge in [0, 0.05) is 6.04 Å². The fraction of sp³-hybridized carbons (Fsp3) is 0.700. The molecule has 0 aliphatic carbocycles. The lowest BCUT2D eigenvalue weighted by atomic mass is 10.5. The molecule has 0 aromatic carbocycles. The average Bonchev–Trinajstić information content (AvgIpc) is 2.17. The van der Waals surface area contributed by atoms with E-state index in [4.69, 9.17) is 11.8 Å². The maximum Gasteiger partial charge on any atom is 0.350 e. The zero-order valence-corrected chi connectivity index (χ0v) is 11.4. The second kappa shape index (κ2) is 5.60. The van der Waals surface area contributed by atoms with Crippen LogP contribution in [0.4, 0.5) is 0 Å². The summed E-state index contributed by atoms with van der Waals surface area (Å²) in [6.07, 6.45) is 0. The van der Waals surface area contributed by atoms with Crippen molar-refractivity contribution in [2.75, 3.05) is 7.11 Å². The highest BCUT2D eigenvalue weighted by molar-refractivity contribution is 8.17. The molecule has 0 aromatic rings. The topological polar surface area (TPSA) is 43.4 Å². The monoisotopic (exact) mass is 248 g/mol. The Balaban J connectivity index is 5.56. The molecular formula is C10H17O3PS. The first kappa shape index (κ1) is 14.6. The predicted molar refractivity (Wildman–Crippen MR) is 65.8 cm³/mol. The van der Waals surface area contributed by atoms with E-state index in [0.29, 0.717) is 0 Å². The third kappa shape index (κ3) is 2.78. The van der Waals surface area contributed by atoms with Gasteiger partial charge in [-0.3, -0.25) is 0 Å². The summed E-state index contributed by atoms with van der Waals surface area (Å²) in [6.45, 7) is 7.73. The minimum atomic E-state index is -2.19. The van der Waals surface area contributed by atoms with Crippen LogP contribution in [0.2, 0.25) is 0 Å². The summed E-state index contributed by atoms with van der Waals surface area (Å²) in [5.74, 6) is 1.06. The Morgan fingerprint density at radius 2 is 1.67 bits per heavy atom. The molecule has 15 heavy (non-hydrogen) atoms. The molecule has 0 rings (SSSR count). The van der Waals surface area contributed by atoms with Gasteiger partial charge in [0.2, 0.25) is 0 Å². The maximum atomic E-state index is 11.4. The lowest BCUT2D eigenvalue weighted by Gasteiger charge is -2.29. The lowest BCUT2D eigenvalue weighted by molar-refractivity contribution is -0.135. The fourth-order valence-electron chi connectivity index (χ4n) is 1.47. The van der Waals surface area contributed by atoms with Crippen molar-refractivity contribution >= 4 is 29.8 Å². The van der Waals surface area contributed by atoms with Crippen LogP contribution in [-0.2, 0) is 26.1 Å². The standard InChI is InChI=1S/C10H17O3PS/c1-7(2)14(15,8(3)4)9(6-11)10(12)13-5/h7-8H,1-5H3. The zero-order chi connectivity index (χ0) is 12.2. The first-order valence-electron chi connectivity index (χ1n) is 4.75. The highest BCUT2D eigenvalue weighted by atomic mass is 32.4. The number of esters is 1. The molecule has 0 aromatic heterocycles. The van der Waals surface area contributed by atoms with E-state index < -0.39 is 12.0 Å². The first-order chi connectivity index (χ1) is 6.82. The number of hydrogen-bond acceptors (Lipinski definition) is 4. The third-order valence-electron chi connectivity index (χ3n) is 2.36. The van der Waals surface area contributed by atoms with Crippen LogP contribution in [0, 0.1) is 0 Å². The van der Waals surface area contributed by atoms with Gasteiger partial charge >= 0.3 is 5.97 Å². The van der Waals surface area contributed by atoms with Gasteiger partial charge in [-0.25, -0.2) is 9.59 Å². The second-order valence-electron chi connectivity index (χ2n) is 3.84. The summed E-state index contributed by atoms with van der Waals surface area (Å²) < 4.78 is 4.57. The molecule has 0 unspecified atom stereocenters. The molecule has 0 aliphatic heterocycles. The van der Waals surface area contributed by atoms with E-state index in [2.05, 4.69) is 4.74 Å². The number of ether oxygens (including phenoxy) is 1. The molecule has 0 spiro atoms. The van der Waals surface area contributed by atoms with E-state index in [-0.39, 0.29) is 16.6 Å². The third-order valence-corrected chi connectivity index (χ3v) is 9.48. The van der Waals surface area contributed by atoms with Gasteiger partial charge in [0.1, 0.15) is 5.94 Å². The van der Waals surface area contributed by atoms with Crippen molar-refractivity contribution in [2.45, 2.75) is 39.0 Å². The molecule has 3 nitrogen and oxygen atoms in total. The van der Waals surface area contributed by atoms with Crippen molar-refractivity contribution in [3.8, 4) is 0 Å². The number of carbonyl (C=O) groups excluding carboxylic acids is 2. The highest BCUT2D eigenvalue weighted by Gasteiger charge is 2.35. The fourth-order valence-corrected chi connectivity index (χ4v) is 4.55. The molecule has 0 heterocycles. The van der Waals surface area contributed by atoms with Crippen molar-refractivity contribution < 1.29 is 14.3 Å². The zero-order valence-electron chi connectivity index (χ0n) is 9.73. The Bertz CT molecular complexity index is 329. The van der Waals surface area contributed by atoms with Crippen molar-refractivity contribution in [2.24, 2.45) is 0 Å². The van der Waals surface area contributed by atoms with Gasteiger partial charge < -0.3 is 4.74 Å². The molecule has 0 atom stereocenters. The Kier molecular flexibility index (Phi) is 5.44. The molecule has 0 amide bonds. The predicted octanol–water partition coefficient (Wildman–Crippen LogP) is 2.17. The summed E-state index contributed by atoms with van der Waals surface area (Å²) >= 11 is 5.52. The van der Waals surface area contributed by atoms with Crippen molar-refractivity contribution in [1.82, 2.24) is 0 Å². The van der Waals surface area contributed by atoms with E-state index in [1.807, 2.05) is 27.7 Å². The van der Waals surface area contributed by atoms with E-state index in [0.717, 1.165) is 0 Å². The van der Waals surface area contributed by atoms with Gasteiger partial charge in [0.25, 0.3) is 0 Å². The Morgan fingerprint density at radius 1 is 1.27 bits per heavy atom. The molecule has 86 valence electrons. The minimum Gasteiger partial charge on any atom is -0.465 e. The van der Waals surface area contributed by atoms with Crippen LogP contribution in [0.3, 0.4) is 0 Å². The van der Waals surface area contributed by atoms with E-state index in [9.17, 15) is 9.59 Å². The van der Waals surface area contributed by atoms with Gasteiger partial charge in [-0.15, -0.1) is 0 Å². The molecule has 5 heteroatoms. The molecule has 0 saturated carbocycles. The summed E-state index contributed by atoms with van der Waals surface area (Å²) in [5.41, 5.74) is 0.200. The highest BCUT2D eigenvalue weighted by Crippen LogP contribution is 2.61. The van der Waals surface area contributed by atoms with Crippen LogP contribution in [-0.4, -0.2) is 30.3 Å². The quantitative estimate of drug-likeness (QED) is 0.331. The summed E-state index contributed by atoms with van der Waals surface area (Å²) in [6, 6.07) is -2.19. The van der Waals surface area contributed by atoms with Crippen LogP contribution in [0.25, 0.3) is 0 Å². The van der Waals surface area contributed by atoms with E-state index in [1.165, 1.54) is 7.11 Å². The Morgan fingerprint density at radius 3 is 1.87 bits per heavy atom. The smallest absolute Gasteiger partial charge is 0.350 e. The van der Waals surface area contributed by atoms with Crippen LogP contribution in [0.15, 0.2) is 5.31 Å². The van der Waals surface area contributed by atoms with Crippen LogP contribution < -0.4 is 0 Å². The van der Waals surface area contributed by atoms with Gasteiger partial charge in [-0.2, -0.15) is 0 Å². The lowest BCUT2D eigenvalue weighted by Crippen LogP contribution is -2.17. The molecular weight excluding hydrogens is 231 g/mol. The van der Waals surface area contributed by atoms with Gasteiger partial charge in [-0.1, -0.05) is 39.5 Å². The average molecular weight is 248 g/mol. The summed E-state index contributed by atoms with van der Waals surface area (Å²) in [4.78, 5) is 22.3. The van der Waals surface area contributed by atoms with Crippen LogP contribution in [0.5, 0.6) is 0 Å². The number of methoxy groups -OCH3 is 1. The number of hydrogen-bond donors (Lipinski definition) is 0. The largest absolute Gasteiger partial charge is 0.465 e. The Hall–Kier alpha value is -0.430. The molecule has 0 aliphatic rings. The number of carbonyl (C=O) groups is 1. The van der Waals surface area contributed by atoms with Gasteiger partial charge in [0.05, 0.1) is 7.11 Å². The molecule has 0 fully saturated rings. The first-order valence-corrected chi connectivity index (χ1v) is 7.69. The SMILES string of the molecule is COC(=O)C(=C=O)P(=S)(C(C)C)C(C)C. The van der Waals surface area contributed by atoms with Crippen LogP contribution >= 0.6 is 6.04 Å². The van der Waals surface area contributed by atoms with Gasteiger partial charge in [-0.05, 0) is 11.3 Å². The van der Waals surface area contributed by atoms with Gasteiger partial charge in [0.15, 0.2) is 5.31 Å². The minimum absolute atomic E-state index is 0.0324. The normalized spacial score (nSPS) is 11.4. The molecule has 0 radical (unpaired) electrons. The van der Waals surface area contributed by atoms with Crippen molar-refractivity contribution in [3.63, 3.8) is 0 Å². The number of rotatable bonds is 4. The van der Waals surface area contributed by atoms with E-state index >= 15 is 0 Å². The summed E-state index contributed by atoms with van der Waals surface area (Å²) in [5, 5.41) is 0.0324. The molecule has 0 bridgehead atoms. The van der Waals surface area contributed by atoms with Crippen molar-refractivity contribution in [1.29, 1.82) is 0 Å². The van der Waals surface area contributed by atoms with E-state index in [1.54, 1.807) is 5.94 Å². The molecule has 0 saturated heterocycles. The summed E-state index contributed by atoms with van der Waals surface area (Å²) in [7, 11) is 1.25. The Labute approximate surface area is 95.9 Å². The second-order valence-corrected chi connectivity index (χ2v) is 9.58. The maximum absolute atomic E-state index is 11.4. The van der Waals surface area contributed by atoms with Crippen LogP contribution in [0.1, 0.15) is 27.7 Å².